The normalized spacial score (nSPS) is 12.6. The van der Waals surface area contributed by atoms with Crippen LogP contribution in [0.5, 0.6) is 0 Å². The van der Waals surface area contributed by atoms with Crippen LogP contribution in [0, 0.1) is 0 Å². The molecule has 1 atom stereocenters. The molecule has 1 heterocycles. The fourth-order valence-electron chi connectivity index (χ4n) is 1.94. The number of aliphatic hydroxyl groups excluding tert-OH is 1. The number of rotatable bonds is 6. The summed E-state index contributed by atoms with van der Waals surface area (Å²) in [6.07, 6.45) is 0.688. The minimum absolute atomic E-state index is 0.431. The molecule has 0 bridgehead atoms. The molecule has 0 radical (unpaired) electrons. The van der Waals surface area contributed by atoms with Gasteiger partial charge in [-0.2, -0.15) is 0 Å². The van der Waals surface area contributed by atoms with E-state index in [1.165, 1.54) is 0 Å². The van der Waals surface area contributed by atoms with E-state index in [4.69, 9.17) is 4.42 Å². The van der Waals surface area contributed by atoms with Crippen molar-refractivity contribution >= 4 is 0 Å². The van der Waals surface area contributed by atoms with Crippen LogP contribution in [0.25, 0.3) is 11.3 Å². The lowest BCUT2D eigenvalue weighted by atomic mass is 10.1. The highest BCUT2D eigenvalue weighted by atomic mass is 16.3. The first-order chi connectivity index (χ1) is 9.20. The van der Waals surface area contributed by atoms with E-state index in [0.717, 1.165) is 42.2 Å². The predicted molar refractivity (Wildman–Crippen MR) is 76.8 cm³/mol. The maximum atomic E-state index is 9.48. The highest BCUT2D eigenvalue weighted by molar-refractivity contribution is 5.58. The van der Waals surface area contributed by atoms with Crippen molar-refractivity contribution in [1.29, 1.82) is 0 Å². The van der Waals surface area contributed by atoms with Crippen LogP contribution in [-0.4, -0.2) is 11.7 Å². The zero-order valence-corrected chi connectivity index (χ0v) is 11.5. The molecule has 0 aliphatic carbocycles. The maximum Gasteiger partial charge on any atom is 0.134 e. The van der Waals surface area contributed by atoms with Crippen LogP contribution >= 0.6 is 0 Å². The Hall–Kier alpha value is -1.58. The Bertz CT molecular complexity index is 500. The van der Waals surface area contributed by atoms with E-state index in [9.17, 15) is 5.11 Å². The first-order valence-electron chi connectivity index (χ1n) is 6.78. The quantitative estimate of drug-likeness (QED) is 0.780. The molecule has 0 unspecified atom stereocenters. The Morgan fingerprint density at radius 1 is 1.16 bits per heavy atom. The molecule has 1 aromatic heterocycles. The predicted octanol–water partition coefficient (Wildman–Crippen LogP) is 3.50. The second kappa shape index (κ2) is 6.55. The van der Waals surface area contributed by atoms with E-state index < -0.39 is 6.10 Å². The summed E-state index contributed by atoms with van der Waals surface area (Å²) in [6, 6.07) is 11.8. The fourth-order valence-corrected chi connectivity index (χ4v) is 1.94. The third kappa shape index (κ3) is 3.69. The van der Waals surface area contributed by atoms with Crippen LogP contribution in [-0.2, 0) is 6.54 Å². The molecule has 0 saturated carbocycles. The molecule has 19 heavy (non-hydrogen) atoms. The van der Waals surface area contributed by atoms with E-state index in [1.807, 2.05) is 36.4 Å². The van der Waals surface area contributed by atoms with E-state index >= 15 is 0 Å². The largest absolute Gasteiger partial charge is 0.460 e. The van der Waals surface area contributed by atoms with E-state index in [1.54, 1.807) is 6.92 Å². The molecule has 102 valence electrons. The molecular weight excluding hydrogens is 238 g/mol. The third-order valence-electron chi connectivity index (χ3n) is 3.07. The van der Waals surface area contributed by atoms with E-state index in [-0.39, 0.29) is 0 Å². The summed E-state index contributed by atoms with van der Waals surface area (Å²) in [5.41, 5.74) is 1.95. The van der Waals surface area contributed by atoms with Gasteiger partial charge < -0.3 is 14.8 Å². The average Bonchev–Trinajstić information content (AvgIpc) is 2.88. The van der Waals surface area contributed by atoms with Crippen LogP contribution in [0.4, 0.5) is 0 Å². The van der Waals surface area contributed by atoms with E-state index in [0.29, 0.717) is 0 Å². The van der Waals surface area contributed by atoms with Gasteiger partial charge in [-0.25, -0.2) is 0 Å². The Morgan fingerprint density at radius 3 is 2.53 bits per heavy atom. The summed E-state index contributed by atoms with van der Waals surface area (Å²) in [7, 11) is 0. The number of hydrogen-bond acceptors (Lipinski definition) is 3. The summed E-state index contributed by atoms with van der Waals surface area (Å²) < 4.78 is 5.79. The average molecular weight is 259 g/mol. The van der Waals surface area contributed by atoms with Gasteiger partial charge in [0.15, 0.2) is 0 Å². The summed E-state index contributed by atoms with van der Waals surface area (Å²) in [6.45, 7) is 5.67. The fraction of sp³-hybridized carbons (Fsp3) is 0.375. The van der Waals surface area contributed by atoms with Gasteiger partial charge in [0.25, 0.3) is 0 Å². The zero-order chi connectivity index (χ0) is 13.7. The summed E-state index contributed by atoms with van der Waals surface area (Å²) >= 11 is 0. The van der Waals surface area contributed by atoms with Gasteiger partial charge in [0.05, 0.1) is 12.6 Å². The lowest BCUT2D eigenvalue weighted by molar-refractivity contribution is 0.199. The standard InChI is InChI=1S/C16H21NO2/c1-3-10-17-11-15-8-9-16(19-15)14-6-4-13(5-7-14)12(2)18/h4-9,12,17-18H,3,10-11H2,1-2H3/t12-/m0/s1. The summed E-state index contributed by atoms with van der Waals surface area (Å²) in [4.78, 5) is 0. The van der Waals surface area contributed by atoms with Crippen molar-refractivity contribution in [2.75, 3.05) is 6.54 Å². The molecule has 0 aliphatic heterocycles. The van der Waals surface area contributed by atoms with Crippen molar-refractivity contribution in [1.82, 2.24) is 5.32 Å². The van der Waals surface area contributed by atoms with Gasteiger partial charge in [0.1, 0.15) is 11.5 Å². The monoisotopic (exact) mass is 259 g/mol. The van der Waals surface area contributed by atoms with Gasteiger partial charge in [-0.3, -0.25) is 0 Å². The Labute approximate surface area is 114 Å². The topological polar surface area (TPSA) is 45.4 Å². The summed E-state index contributed by atoms with van der Waals surface area (Å²) in [5, 5.41) is 12.8. The Morgan fingerprint density at radius 2 is 1.89 bits per heavy atom. The van der Waals surface area contributed by atoms with Crippen LogP contribution in [0.3, 0.4) is 0 Å². The smallest absolute Gasteiger partial charge is 0.134 e. The molecule has 3 nitrogen and oxygen atoms in total. The van der Waals surface area contributed by atoms with Crippen LogP contribution in [0.15, 0.2) is 40.8 Å². The van der Waals surface area contributed by atoms with Gasteiger partial charge in [-0.05, 0) is 37.6 Å². The molecule has 0 aliphatic rings. The maximum absolute atomic E-state index is 9.48. The number of nitrogens with one attached hydrogen (secondary N) is 1. The molecule has 0 saturated heterocycles. The minimum Gasteiger partial charge on any atom is -0.460 e. The van der Waals surface area contributed by atoms with Gasteiger partial charge in [-0.15, -0.1) is 0 Å². The Kier molecular flexibility index (Phi) is 4.77. The van der Waals surface area contributed by atoms with Crippen molar-refractivity contribution in [2.45, 2.75) is 32.9 Å². The molecule has 2 rings (SSSR count). The van der Waals surface area contributed by atoms with Gasteiger partial charge in [0.2, 0.25) is 0 Å². The van der Waals surface area contributed by atoms with Crippen LogP contribution < -0.4 is 5.32 Å². The van der Waals surface area contributed by atoms with Gasteiger partial charge in [0, 0.05) is 5.56 Å². The molecule has 1 aromatic carbocycles. The number of aliphatic hydroxyl groups is 1. The van der Waals surface area contributed by atoms with Crippen molar-refractivity contribution in [3.05, 3.63) is 47.7 Å². The van der Waals surface area contributed by atoms with Crippen molar-refractivity contribution < 1.29 is 9.52 Å². The molecule has 2 N–H and O–H groups in total. The molecule has 2 aromatic rings. The highest BCUT2D eigenvalue weighted by Crippen LogP contribution is 2.24. The first-order valence-corrected chi connectivity index (χ1v) is 6.78. The van der Waals surface area contributed by atoms with Crippen LogP contribution in [0.1, 0.15) is 37.7 Å². The van der Waals surface area contributed by atoms with Crippen molar-refractivity contribution in [2.24, 2.45) is 0 Å². The number of benzene rings is 1. The highest BCUT2D eigenvalue weighted by Gasteiger charge is 2.06. The molecule has 0 spiro atoms. The van der Waals surface area contributed by atoms with Gasteiger partial charge >= 0.3 is 0 Å². The van der Waals surface area contributed by atoms with E-state index in [2.05, 4.69) is 12.2 Å². The van der Waals surface area contributed by atoms with Crippen molar-refractivity contribution in [3.8, 4) is 11.3 Å². The summed E-state index contributed by atoms with van der Waals surface area (Å²) in [5.74, 6) is 1.81. The first kappa shape index (κ1) is 13.8. The number of hydrogen-bond donors (Lipinski definition) is 2. The zero-order valence-electron chi connectivity index (χ0n) is 11.5. The second-order valence-electron chi connectivity index (χ2n) is 4.74. The molecule has 0 amide bonds. The van der Waals surface area contributed by atoms with Crippen LogP contribution in [0.2, 0.25) is 0 Å². The Balaban J connectivity index is 2.05. The SMILES string of the molecule is CCCNCc1ccc(-c2ccc([C@H](C)O)cc2)o1. The third-order valence-corrected chi connectivity index (χ3v) is 3.07. The second-order valence-corrected chi connectivity index (χ2v) is 4.74. The minimum atomic E-state index is -0.431. The lowest BCUT2D eigenvalue weighted by Gasteiger charge is -2.05. The lowest BCUT2D eigenvalue weighted by Crippen LogP contribution is -2.12. The van der Waals surface area contributed by atoms with Gasteiger partial charge in [-0.1, -0.05) is 31.2 Å². The molecule has 0 fully saturated rings. The molecular formula is C16H21NO2. The van der Waals surface area contributed by atoms with Crippen molar-refractivity contribution in [3.63, 3.8) is 0 Å². The number of furan rings is 1. The molecule has 3 heteroatoms.